The van der Waals surface area contributed by atoms with Crippen LogP contribution in [0.4, 0.5) is 5.69 Å². The minimum Gasteiger partial charge on any atom is -0.325 e. The van der Waals surface area contributed by atoms with Gasteiger partial charge in [0.05, 0.1) is 4.90 Å². The molecule has 1 N–H and O–H groups in total. The van der Waals surface area contributed by atoms with E-state index in [0.717, 1.165) is 5.56 Å². The molecule has 0 saturated carbocycles. The van der Waals surface area contributed by atoms with Crippen molar-refractivity contribution in [3.05, 3.63) is 59.7 Å². The van der Waals surface area contributed by atoms with E-state index in [4.69, 9.17) is 0 Å². The topological polar surface area (TPSA) is 63.2 Å². The summed E-state index contributed by atoms with van der Waals surface area (Å²) in [4.78, 5) is 12.5. The molecule has 4 nitrogen and oxygen atoms in total. The first-order valence-corrected chi connectivity index (χ1v) is 9.44. The molecule has 1 amide bonds. The Hall–Kier alpha value is -2.14. The number of benzene rings is 2. The van der Waals surface area contributed by atoms with Crippen molar-refractivity contribution >= 4 is 21.4 Å². The highest BCUT2D eigenvalue weighted by Crippen LogP contribution is 2.29. The van der Waals surface area contributed by atoms with Gasteiger partial charge in [-0.1, -0.05) is 57.2 Å². The molecule has 0 heterocycles. The highest BCUT2D eigenvalue weighted by Gasteiger charge is 2.23. The summed E-state index contributed by atoms with van der Waals surface area (Å²) in [5.74, 6) is -1.11. The van der Waals surface area contributed by atoms with E-state index in [1.54, 1.807) is 31.2 Å². The Morgan fingerprint density at radius 1 is 1.00 bits per heavy atom. The third-order valence-corrected chi connectivity index (χ3v) is 5.53. The van der Waals surface area contributed by atoms with Gasteiger partial charge in [-0.2, -0.15) is 0 Å². The average molecular weight is 345 g/mol. The number of hydrogen-bond acceptors (Lipinski definition) is 3. The SMILES string of the molecule is Cc1ccccc1S(=O)(=O)CC(=O)Nc1ccccc1C(C)(C)C. The molecule has 0 fully saturated rings. The summed E-state index contributed by atoms with van der Waals surface area (Å²) >= 11 is 0. The third kappa shape index (κ3) is 4.23. The van der Waals surface area contributed by atoms with Crippen LogP contribution in [0.2, 0.25) is 0 Å². The quantitative estimate of drug-likeness (QED) is 0.919. The second-order valence-corrected chi connectivity index (χ2v) is 8.83. The van der Waals surface area contributed by atoms with Gasteiger partial charge >= 0.3 is 0 Å². The van der Waals surface area contributed by atoms with Gasteiger partial charge in [-0.25, -0.2) is 8.42 Å². The van der Waals surface area contributed by atoms with Crippen LogP contribution in [-0.4, -0.2) is 20.1 Å². The van der Waals surface area contributed by atoms with Crippen molar-refractivity contribution in [3.63, 3.8) is 0 Å². The molecule has 2 rings (SSSR count). The summed E-state index contributed by atoms with van der Waals surface area (Å²) in [5, 5.41) is 2.74. The van der Waals surface area contributed by atoms with Gasteiger partial charge in [0.1, 0.15) is 5.75 Å². The molecule has 0 radical (unpaired) electrons. The fraction of sp³-hybridized carbons (Fsp3) is 0.316. The van der Waals surface area contributed by atoms with Crippen LogP contribution in [-0.2, 0) is 20.0 Å². The van der Waals surface area contributed by atoms with Gasteiger partial charge in [0.2, 0.25) is 5.91 Å². The van der Waals surface area contributed by atoms with Crippen molar-refractivity contribution in [1.29, 1.82) is 0 Å². The summed E-state index contributed by atoms with van der Waals surface area (Å²) in [6, 6.07) is 14.1. The van der Waals surface area contributed by atoms with Crippen LogP contribution in [0.3, 0.4) is 0 Å². The van der Waals surface area contributed by atoms with E-state index in [1.165, 1.54) is 6.07 Å². The first-order chi connectivity index (χ1) is 11.1. The highest BCUT2D eigenvalue weighted by atomic mass is 32.2. The van der Waals surface area contributed by atoms with E-state index in [9.17, 15) is 13.2 Å². The van der Waals surface area contributed by atoms with Gasteiger partial charge < -0.3 is 5.32 Å². The van der Waals surface area contributed by atoms with Gasteiger partial charge in [0.25, 0.3) is 0 Å². The predicted octanol–water partition coefficient (Wildman–Crippen LogP) is 3.70. The first-order valence-electron chi connectivity index (χ1n) is 7.79. The molecule has 0 aliphatic heterocycles. The van der Waals surface area contributed by atoms with E-state index in [-0.39, 0.29) is 10.3 Å². The summed E-state index contributed by atoms with van der Waals surface area (Å²) in [5.41, 5.74) is 2.10. The van der Waals surface area contributed by atoms with Gasteiger partial charge in [0, 0.05) is 5.69 Å². The second kappa shape index (κ2) is 6.77. The molecule has 5 heteroatoms. The number of carbonyl (C=O) groups is 1. The van der Waals surface area contributed by atoms with E-state index in [0.29, 0.717) is 11.3 Å². The lowest BCUT2D eigenvalue weighted by atomic mass is 9.86. The number of carbonyl (C=O) groups excluding carboxylic acids is 1. The molecular weight excluding hydrogens is 322 g/mol. The molecule has 0 bridgehead atoms. The van der Waals surface area contributed by atoms with Crippen LogP contribution in [0.5, 0.6) is 0 Å². The van der Waals surface area contributed by atoms with Crippen LogP contribution >= 0.6 is 0 Å². The fourth-order valence-corrected chi connectivity index (χ4v) is 4.01. The van der Waals surface area contributed by atoms with Crippen molar-refractivity contribution in [2.24, 2.45) is 0 Å². The zero-order chi connectivity index (χ0) is 18.0. The molecule has 0 aromatic heterocycles. The molecule has 0 unspecified atom stereocenters. The zero-order valence-electron chi connectivity index (χ0n) is 14.5. The number of sulfone groups is 1. The molecule has 0 aliphatic rings. The second-order valence-electron chi connectivity index (χ2n) is 6.87. The number of nitrogens with one attached hydrogen (secondary N) is 1. The highest BCUT2D eigenvalue weighted by molar-refractivity contribution is 7.92. The Morgan fingerprint density at radius 3 is 2.21 bits per heavy atom. The minimum atomic E-state index is -3.67. The molecule has 0 aliphatic carbocycles. The van der Waals surface area contributed by atoms with E-state index in [1.807, 2.05) is 39.0 Å². The summed E-state index contributed by atoms with van der Waals surface area (Å²) in [6.07, 6.45) is 0. The fourth-order valence-electron chi connectivity index (χ4n) is 2.59. The van der Waals surface area contributed by atoms with E-state index >= 15 is 0 Å². The molecule has 128 valence electrons. The number of aryl methyl sites for hydroxylation is 1. The van der Waals surface area contributed by atoms with Crippen molar-refractivity contribution in [3.8, 4) is 0 Å². The van der Waals surface area contributed by atoms with Gasteiger partial charge in [-0.05, 0) is 35.6 Å². The molecule has 0 saturated heterocycles. The summed E-state index contributed by atoms with van der Waals surface area (Å²) < 4.78 is 24.9. The monoisotopic (exact) mass is 345 g/mol. The van der Waals surface area contributed by atoms with Crippen molar-refractivity contribution in [1.82, 2.24) is 0 Å². The Balaban J connectivity index is 2.22. The number of hydrogen-bond donors (Lipinski definition) is 1. The van der Waals surface area contributed by atoms with Gasteiger partial charge in [-0.3, -0.25) is 4.79 Å². The number of para-hydroxylation sites is 1. The summed E-state index contributed by atoms with van der Waals surface area (Å²) in [6.45, 7) is 7.85. The number of rotatable bonds is 4. The Labute approximate surface area is 143 Å². The van der Waals surface area contributed by atoms with Gasteiger partial charge in [0.15, 0.2) is 9.84 Å². The lowest BCUT2D eigenvalue weighted by Gasteiger charge is -2.23. The van der Waals surface area contributed by atoms with Gasteiger partial charge in [-0.15, -0.1) is 0 Å². The van der Waals surface area contributed by atoms with Crippen molar-refractivity contribution in [2.45, 2.75) is 38.0 Å². The zero-order valence-corrected chi connectivity index (χ0v) is 15.3. The maximum atomic E-state index is 12.5. The molecule has 2 aromatic rings. The lowest BCUT2D eigenvalue weighted by Crippen LogP contribution is -2.25. The van der Waals surface area contributed by atoms with Crippen LogP contribution in [0.25, 0.3) is 0 Å². The van der Waals surface area contributed by atoms with Crippen LogP contribution in [0.15, 0.2) is 53.4 Å². The standard InChI is InChI=1S/C19H23NO3S/c1-14-9-5-8-12-17(14)24(22,23)13-18(21)20-16-11-7-6-10-15(16)19(2,3)4/h5-12H,13H2,1-4H3,(H,20,21). The molecule has 2 aromatic carbocycles. The van der Waals surface area contributed by atoms with Crippen molar-refractivity contribution in [2.75, 3.05) is 11.1 Å². The lowest BCUT2D eigenvalue weighted by molar-refractivity contribution is -0.113. The minimum absolute atomic E-state index is 0.154. The van der Waals surface area contributed by atoms with Crippen LogP contribution < -0.4 is 5.32 Å². The maximum Gasteiger partial charge on any atom is 0.239 e. The molecule has 24 heavy (non-hydrogen) atoms. The normalized spacial score (nSPS) is 12.0. The van der Waals surface area contributed by atoms with E-state index < -0.39 is 21.5 Å². The largest absolute Gasteiger partial charge is 0.325 e. The molecule has 0 spiro atoms. The van der Waals surface area contributed by atoms with Crippen LogP contribution in [0, 0.1) is 6.92 Å². The van der Waals surface area contributed by atoms with E-state index in [2.05, 4.69) is 5.32 Å². The number of anilines is 1. The van der Waals surface area contributed by atoms with Crippen LogP contribution in [0.1, 0.15) is 31.9 Å². The summed E-state index contributed by atoms with van der Waals surface area (Å²) in [7, 11) is -3.67. The Bertz CT molecular complexity index is 849. The third-order valence-electron chi connectivity index (χ3n) is 3.76. The van der Waals surface area contributed by atoms with Crippen molar-refractivity contribution < 1.29 is 13.2 Å². The smallest absolute Gasteiger partial charge is 0.239 e. The maximum absolute atomic E-state index is 12.5. The first kappa shape index (κ1) is 18.2. The molecular formula is C19H23NO3S. The average Bonchev–Trinajstić information content (AvgIpc) is 2.46. The number of amides is 1. The Kier molecular flexibility index (Phi) is 5.13. The molecule has 0 atom stereocenters. The predicted molar refractivity (Wildman–Crippen MR) is 97.0 cm³/mol. The Morgan fingerprint density at radius 2 is 1.58 bits per heavy atom.